The molecular weight excluding hydrogens is 270 g/mol. The maximum atomic E-state index is 11.4. The molecule has 2 rings (SSSR count). The average Bonchev–Trinajstić information content (AvgIpc) is 2.63. The third-order valence-corrected chi connectivity index (χ3v) is 2.98. The van der Waals surface area contributed by atoms with Gasteiger partial charge in [-0.05, 0) is 35.0 Å². The van der Waals surface area contributed by atoms with E-state index in [2.05, 4.69) is 20.9 Å². The fourth-order valence-corrected chi connectivity index (χ4v) is 2.14. The van der Waals surface area contributed by atoms with Gasteiger partial charge in [0.25, 0.3) is 5.91 Å². The number of carbonyl (C=O) groups is 1. The van der Waals surface area contributed by atoms with Crippen LogP contribution in [0, 0.1) is 6.92 Å². The van der Waals surface area contributed by atoms with Crippen LogP contribution in [0.1, 0.15) is 16.2 Å². The number of carbonyl (C=O) groups excluding carboxylic acids is 1. The number of hydrogen-bond acceptors (Lipinski definition) is 2. The van der Waals surface area contributed by atoms with Crippen molar-refractivity contribution in [3.63, 3.8) is 0 Å². The van der Waals surface area contributed by atoms with Gasteiger partial charge in [0.2, 0.25) is 0 Å². The van der Waals surface area contributed by atoms with Crippen molar-refractivity contribution in [1.29, 1.82) is 0 Å². The van der Waals surface area contributed by atoms with Crippen LogP contribution in [-0.4, -0.2) is 15.5 Å². The summed E-state index contributed by atoms with van der Waals surface area (Å²) in [4.78, 5) is 15.5. The van der Waals surface area contributed by atoms with Crippen LogP contribution in [0.25, 0.3) is 5.69 Å². The van der Waals surface area contributed by atoms with Crippen molar-refractivity contribution < 1.29 is 4.79 Å². The highest BCUT2D eigenvalue weighted by Crippen LogP contribution is 2.23. The molecule has 0 spiro atoms. The van der Waals surface area contributed by atoms with Gasteiger partial charge in [0.1, 0.15) is 5.82 Å². The van der Waals surface area contributed by atoms with E-state index in [1.807, 2.05) is 23.6 Å². The van der Waals surface area contributed by atoms with E-state index in [1.54, 1.807) is 18.5 Å². The van der Waals surface area contributed by atoms with Gasteiger partial charge in [-0.3, -0.25) is 4.79 Å². The number of aryl methyl sites for hydroxylation is 1. The fourth-order valence-electron chi connectivity index (χ4n) is 1.59. The predicted octanol–water partition coefficient (Wildman–Crippen LogP) is 2.04. The lowest BCUT2D eigenvalue weighted by molar-refractivity contribution is 0.0999. The van der Waals surface area contributed by atoms with E-state index in [0.717, 1.165) is 11.5 Å². The summed E-state index contributed by atoms with van der Waals surface area (Å²) >= 11 is 3.32. The number of imidazole rings is 1. The van der Waals surface area contributed by atoms with Gasteiger partial charge >= 0.3 is 0 Å². The number of halogens is 1. The summed E-state index contributed by atoms with van der Waals surface area (Å²) in [6.45, 7) is 1.87. The van der Waals surface area contributed by atoms with Crippen LogP contribution in [0.5, 0.6) is 0 Å². The Bertz CT molecular complexity index is 548. The van der Waals surface area contributed by atoms with Gasteiger partial charge < -0.3 is 10.3 Å². The number of nitrogens with two attached hydrogens (primary N) is 1. The molecule has 0 atom stereocenters. The molecule has 0 fully saturated rings. The summed E-state index contributed by atoms with van der Waals surface area (Å²) in [6, 6.07) is 5.47. The van der Waals surface area contributed by atoms with Gasteiger partial charge in [0, 0.05) is 16.9 Å². The molecule has 2 N–H and O–H groups in total. The first-order valence-corrected chi connectivity index (χ1v) is 5.49. The molecule has 1 aromatic heterocycles. The van der Waals surface area contributed by atoms with Crippen molar-refractivity contribution in [2.24, 2.45) is 5.73 Å². The molecule has 0 aliphatic heterocycles. The first-order valence-electron chi connectivity index (χ1n) is 4.70. The summed E-state index contributed by atoms with van der Waals surface area (Å²) < 4.78 is 2.51. The summed E-state index contributed by atoms with van der Waals surface area (Å²) in [5.41, 5.74) is 6.56. The van der Waals surface area contributed by atoms with Crippen molar-refractivity contribution in [2.45, 2.75) is 6.92 Å². The van der Waals surface area contributed by atoms with Gasteiger partial charge in [0.05, 0.1) is 11.3 Å². The van der Waals surface area contributed by atoms with Crippen LogP contribution in [0.2, 0.25) is 0 Å². The Morgan fingerprint density at radius 2 is 2.25 bits per heavy atom. The number of primary amides is 1. The minimum Gasteiger partial charge on any atom is -0.365 e. The van der Waals surface area contributed by atoms with Gasteiger partial charge in [0.15, 0.2) is 0 Å². The minimum atomic E-state index is -0.462. The van der Waals surface area contributed by atoms with E-state index in [1.165, 1.54) is 0 Å². The zero-order chi connectivity index (χ0) is 11.7. The second-order valence-electron chi connectivity index (χ2n) is 3.34. The number of amides is 1. The van der Waals surface area contributed by atoms with E-state index in [-0.39, 0.29) is 0 Å². The van der Waals surface area contributed by atoms with Gasteiger partial charge in [-0.25, -0.2) is 4.98 Å². The van der Waals surface area contributed by atoms with Crippen molar-refractivity contribution in [3.8, 4) is 5.69 Å². The standard InChI is InChI=1S/C11H10BrN3O/c1-7-14-5-6-15(7)9-4-2-3-8(12)10(9)11(13)16/h2-6H,1H3,(H2,13,16). The Labute approximate surface area is 101 Å². The summed E-state index contributed by atoms with van der Waals surface area (Å²) in [5.74, 6) is 0.344. The van der Waals surface area contributed by atoms with E-state index >= 15 is 0 Å². The number of aromatic nitrogens is 2. The highest BCUT2D eigenvalue weighted by molar-refractivity contribution is 9.10. The molecule has 4 nitrogen and oxygen atoms in total. The molecule has 0 unspecified atom stereocenters. The molecule has 2 aromatic rings. The first kappa shape index (κ1) is 10.9. The summed E-state index contributed by atoms with van der Waals surface area (Å²) in [6.07, 6.45) is 3.48. The SMILES string of the molecule is Cc1nccn1-c1cccc(Br)c1C(N)=O. The van der Waals surface area contributed by atoms with Crippen LogP contribution in [0.4, 0.5) is 0 Å². The average molecular weight is 280 g/mol. The lowest BCUT2D eigenvalue weighted by Gasteiger charge is -2.10. The molecule has 0 aliphatic carbocycles. The van der Waals surface area contributed by atoms with Crippen molar-refractivity contribution in [3.05, 3.63) is 46.5 Å². The van der Waals surface area contributed by atoms with Gasteiger partial charge in [-0.1, -0.05) is 6.07 Å². The van der Waals surface area contributed by atoms with Crippen molar-refractivity contribution in [1.82, 2.24) is 9.55 Å². The topological polar surface area (TPSA) is 60.9 Å². The van der Waals surface area contributed by atoms with Crippen LogP contribution in [-0.2, 0) is 0 Å². The second-order valence-corrected chi connectivity index (χ2v) is 4.20. The van der Waals surface area contributed by atoms with Gasteiger partial charge in [-0.15, -0.1) is 0 Å². The number of hydrogen-bond donors (Lipinski definition) is 1. The maximum Gasteiger partial charge on any atom is 0.251 e. The molecule has 5 heteroatoms. The number of nitrogens with zero attached hydrogens (tertiary/aromatic N) is 2. The number of rotatable bonds is 2. The molecule has 0 saturated heterocycles. The monoisotopic (exact) mass is 279 g/mol. The van der Waals surface area contributed by atoms with Crippen molar-refractivity contribution >= 4 is 21.8 Å². The lowest BCUT2D eigenvalue weighted by atomic mass is 10.1. The van der Waals surface area contributed by atoms with Crippen LogP contribution >= 0.6 is 15.9 Å². The maximum absolute atomic E-state index is 11.4. The molecule has 16 heavy (non-hydrogen) atoms. The predicted molar refractivity (Wildman–Crippen MR) is 64.5 cm³/mol. The third kappa shape index (κ3) is 1.74. The van der Waals surface area contributed by atoms with E-state index < -0.39 is 5.91 Å². The van der Waals surface area contributed by atoms with E-state index in [9.17, 15) is 4.79 Å². The van der Waals surface area contributed by atoms with Crippen LogP contribution < -0.4 is 5.73 Å². The van der Waals surface area contributed by atoms with Gasteiger partial charge in [-0.2, -0.15) is 0 Å². The van der Waals surface area contributed by atoms with Crippen molar-refractivity contribution in [2.75, 3.05) is 0 Å². The molecule has 82 valence electrons. The third-order valence-electron chi connectivity index (χ3n) is 2.32. The lowest BCUT2D eigenvalue weighted by Crippen LogP contribution is -2.15. The normalized spacial score (nSPS) is 10.4. The smallest absolute Gasteiger partial charge is 0.251 e. The highest BCUT2D eigenvalue weighted by atomic mass is 79.9. The molecule has 0 bridgehead atoms. The molecule has 1 amide bonds. The number of benzene rings is 1. The fraction of sp³-hybridized carbons (Fsp3) is 0.0909. The second kappa shape index (κ2) is 4.09. The minimum absolute atomic E-state index is 0.462. The summed E-state index contributed by atoms with van der Waals surface area (Å²) in [5, 5.41) is 0. The largest absolute Gasteiger partial charge is 0.365 e. The molecule has 1 heterocycles. The van der Waals surface area contributed by atoms with E-state index in [0.29, 0.717) is 10.0 Å². The Morgan fingerprint density at radius 1 is 1.50 bits per heavy atom. The Balaban J connectivity index is 2.70. The molecular formula is C11H10BrN3O. The molecule has 1 aromatic carbocycles. The highest BCUT2D eigenvalue weighted by Gasteiger charge is 2.14. The Hall–Kier alpha value is -1.62. The van der Waals surface area contributed by atoms with Crippen LogP contribution in [0.3, 0.4) is 0 Å². The zero-order valence-corrected chi connectivity index (χ0v) is 10.2. The van der Waals surface area contributed by atoms with Crippen LogP contribution in [0.15, 0.2) is 35.1 Å². The summed E-state index contributed by atoms with van der Waals surface area (Å²) in [7, 11) is 0. The molecule has 0 aliphatic rings. The quantitative estimate of drug-likeness (QED) is 0.915. The Kier molecular flexibility index (Phi) is 2.78. The first-order chi connectivity index (χ1) is 7.61. The molecule has 0 saturated carbocycles. The van der Waals surface area contributed by atoms with E-state index in [4.69, 9.17) is 5.73 Å². The Morgan fingerprint density at radius 3 is 2.81 bits per heavy atom. The zero-order valence-electron chi connectivity index (χ0n) is 8.64. The molecule has 0 radical (unpaired) electrons.